The second-order valence-electron chi connectivity index (χ2n) is 9.22. The molecule has 0 aliphatic heterocycles. The molecule has 1 aliphatic carbocycles. The highest BCUT2D eigenvalue weighted by Gasteiger charge is 2.39. The van der Waals surface area contributed by atoms with Gasteiger partial charge in [-0.1, -0.05) is 33.8 Å². The van der Waals surface area contributed by atoms with Gasteiger partial charge in [0.05, 0.1) is 12.4 Å². The number of rotatable bonds is 4. The zero-order valence-corrected chi connectivity index (χ0v) is 17.8. The van der Waals surface area contributed by atoms with Crippen LogP contribution in [0, 0.1) is 6.92 Å². The minimum Gasteiger partial charge on any atom is -0.476 e. The topological polar surface area (TPSA) is 66.3 Å². The number of hydrogen-bond acceptors (Lipinski definition) is 4. The van der Waals surface area contributed by atoms with Gasteiger partial charge in [0.25, 0.3) is 0 Å². The van der Waals surface area contributed by atoms with Crippen LogP contribution in [-0.4, -0.2) is 33.8 Å². The number of halogens is 3. The first-order valence-corrected chi connectivity index (χ1v) is 9.76. The number of carbonyl (C=O) groups is 1. The van der Waals surface area contributed by atoms with Crippen LogP contribution in [0.4, 0.5) is 24.7 Å². The Balaban J connectivity index is 2.18. The van der Waals surface area contributed by atoms with Gasteiger partial charge >= 0.3 is 12.1 Å². The third-order valence-corrected chi connectivity index (χ3v) is 5.93. The van der Waals surface area contributed by atoms with Crippen molar-refractivity contribution >= 4 is 17.5 Å². The summed E-state index contributed by atoms with van der Waals surface area (Å²) in [4.78, 5) is 19.8. The van der Waals surface area contributed by atoms with Gasteiger partial charge in [0.2, 0.25) is 0 Å². The summed E-state index contributed by atoms with van der Waals surface area (Å²) in [5, 5.41) is 9.00. The lowest BCUT2D eigenvalue weighted by Crippen LogP contribution is -2.36. The molecule has 0 bridgehead atoms. The Morgan fingerprint density at radius 2 is 1.63 bits per heavy atom. The summed E-state index contributed by atoms with van der Waals surface area (Å²) in [6.07, 6.45) is -0.503. The molecule has 162 valence electrons. The molecule has 5 nitrogen and oxygen atoms in total. The molecule has 0 radical (unpaired) electrons. The number of nitrogens with zero attached hydrogens (tertiary/aromatic N) is 3. The van der Waals surface area contributed by atoms with E-state index in [-0.39, 0.29) is 22.3 Å². The molecule has 1 N–H and O–H groups in total. The molecule has 0 spiro atoms. The minimum absolute atomic E-state index is 0.0479. The Hall–Kier alpha value is -2.64. The van der Waals surface area contributed by atoms with Crippen molar-refractivity contribution in [1.29, 1.82) is 0 Å². The van der Waals surface area contributed by atoms with Crippen molar-refractivity contribution in [1.82, 2.24) is 9.97 Å². The van der Waals surface area contributed by atoms with Gasteiger partial charge in [0.15, 0.2) is 11.5 Å². The fourth-order valence-electron chi connectivity index (χ4n) is 4.04. The first-order valence-electron chi connectivity index (χ1n) is 9.76. The van der Waals surface area contributed by atoms with E-state index in [0.717, 1.165) is 41.3 Å². The van der Waals surface area contributed by atoms with Gasteiger partial charge in [0.1, 0.15) is 6.54 Å². The number of aryl methyl sites for hydroxylation is 1. The number of hydrogen-bond donors (Lipinski definition) is 1. The number of anilines is 2. The van der Waals surface area contributed by atoms with Gasteiger partial charge in [0, 0.05) is 5.69 Å². The fourth-order valence-corrected chi connectivity index (χ4v) is 4.04. The van der Waals surface area contributed by atoms with Crippen LogP contribution < -0.4 is 4.90 Å². The van der Waals surface area contributed by atoms with Crippen LogP contribution in [0.15, 0.2) is 24.5 Å². The van der Waals surface area contributed by atoms with Crippen LogP contribution in [-0.2, 0) is 10.8 Å². The van der Waals surface area contributed by atoms with E-state index in [2.05, 4.69) is 37.7 Å². The molecule has 3 rings (SSSR count). The molecule has 1 aromatic carbocycles. The van der Waals surface area contributed by atoms with Crippen LogP contribution in [0.2, 0.25) is 0 Å². The van der Waals surface area contributed by atoms with E-state index in [9.17, 15) is 18.0 Å². The molecule has 30 heavy (non-hydrogen) atoms. The Labute approximate surface area is 174 Å². The summed E-state index contributed by atoms with van der Waals surface area (Å²) < 4.78 is 40.3. The van der Waals surface area contributed by atoms with Crippen molar-refractivity contribution < 1.29 is 23.1 Å². The van der Waals surface area contributed by atoms with Gasteiger partial charge in [-0.15, -0.1) is 0 Å². The Morgan fingerprint density at radius 1 is 1.07 bits per heavy atom. The maximum absolute atomic E-state index is 13.4. The van der Waals surface area contributed by atoms with Crippen molar-refractivity contribution in [2.24, 2.45) is 0 Å². The van der Waals surface area contributed by atoms with E-state index in [0.29, 0.717) is 11.3 Å². The lowest BCUT2D eigenvalue weighted by Gasteiger charge is -2.43. The summed E-state index contributed by atoms with van der Waals surface area (Å²) >= 11 is 0. The molecule has 0 fully saturated rings. The smallest absolute Gasteiger partial charge is 0.406 e. The predicted molar refractivity (Wildman–Crippen MR) is 109 cm³/mol. The third-order valence-electron chi connectivity index (χ3n) is 5.93. The highest BCUT2D eigenvalue weighted by Crippen LogP contribution is 2.48. The number of fused-ring (bicyclic) bond motifs is 1. The summed E-state index contributed by atoms with van der Waals surface area (Å²) in [6, 6.07) is 3.82. The number of aromatic carboxylic acids is 1. The lowest BCUT2D eigenvalue weighted by molar-refractivity contribution is -0.118. The molecule has 0 unspecified atom stereocenters. The van der Waals surface area contributed by atoms with Crippen molar-refractivity contribution in [3.8, 4) is 0 Å². The second kappa shape index (κ2) is 7.25. The maximum Gasteiger partial charge on any atom is 0.406 e. The largest absolute Gasteiger partial charge is 0.476 e. The number of carboxylic acid groups (broad SMARTS) is 1. The highest BCUT2D eigenvalue weighted by molar-refractivity contribution is 5.85. The normalized spacial score (nSPS) is 17.3. The fraction of sp³-hybridized carbons (Fsp3) is 0.500. The van der Waals surface area contributed by atoms with E-state index >= 15 is 0 Å². The molecule has 1 heterocycles. The summed E-state index contributed by atoms with van der Waals surface area (Å²) in [5.41, 5.74) is 2.72. The average molecular weight is 421 g/mol. The van der Waals surface area contributed by atoms with Crippen LogP contribution in [0.5, 0.6) is 0 Å². The van der Waals surface area contributed by atoms with E-state index < -0.39 is 18.7 Å². The molecular formula is C22H26F3N3O2. The third kappa shape index (κ3) is 4.27. The first-order chi connectivity index (χ1) is 13.7. The Kier molecular flexibility index (Phi) is 5.33. The molecule has 0 saturated heterocycles. The van der Waals surface area contributed by atoms with Crippen LogP contribution in [0.25, 0.3) is 0 Å². The van der Waals surface area contributed by atoms with Gasteiger partial charge in [-0.3, -0.25) is 0 Å². The quantitative estimate of drug-likeness (QED) is 0.703. The second-order valence-corrected chi connectivity index (χ2v) is 9.22. The monoisotopic (exact) mass is 421 g/mol. The van der Waals surface area contributed by atoms with E-state index in [1.54, 1.807) is 6.92 Å². The number of benzene rings is 1. The number of carboxylic acids is 1. The first kappa shape index (κ1) is 22.1. The molecule has 1 aliphatic rings. The molecule has 2 aromatic rings. The van der Waals surface area contributed by atoms with Gasteiger partial charge < -0.3 is 10.0 Å². The molecule has 0 atom stereocenters. The van der Waals surface area contributed by atoms with Crippen molar-refractivity contribution in [3.05, 3.63) is 46.9 Å². The minimum atomic E-state index is -4.48. The summed E-state index contributed by atoms with van der Waals surface area (Å²) in [7, 11) is 0. The zero-order chi connectivity index (χ0) is 22.5. The lowest BCUT2D eigenvalue weighted by atomic mass is 9.63. The maximum atomic E-state index is 13.4. The van der Waals surface area contributed by atoms with Crippen LogP contribution in [0.1, 0.15) is 67.7 Å². The Morgan fingerprint density at radius 3 is 2.10 bits per heavy atom. The van der Waals surface area contributed by atoms with Crippen molar-refractivity contribution in [2.75, 3.05) is 11.4 Å². The number of aromatic nitrogens is 2. The molecule has 8 heteroatoms. The average Bonchev–Trinajstić information content (AvgIpc) is 2.63. The van der Waals surface area contributed by atoms with Crippen molar-refractivity contribution in [2.45, 2.75) is 64.5 Å². The number of alkyl halides is 3. The zero-order valence-electron chi connectivity index (χ0n) is 17.8. The van der Waals surface area contributed by atoms with Gasteiger partial charge in [-0.2, -0.15) is 13.2 Å². The van der Waals surface area contributed by atoms with E-state index in [1.165, 1.54) is 0 Å². The van der Waals surface area contributed by atoms with Gasteiger partial charge in [-0.05, 0) is 53.4 Å². The predicted octanol–water partition coefficient (Wildman–Crippen LogP) is 5.53. The molecular weight excluding hydrogens is 395 g/mol. The van der Waals surface area contributed by atoms with E-state index in [4.69, 9.17) is 5.11 Å². The highest BCUT2D eigenvalue weighted by atomic mass is 19.4. The van der Waals surface area contributed by atoms with Crippen LogP contribution >= 0.6 is 0 Å². The van der Waals surface area contributed by atoms with E-state index in [1.807, 2.05) is 12.1 Å². The van der Waals surface area contributed by atoms with Crippen molar-refractivity contribution in [3.63, 3.8) is 0 Å². The van der Waals surface area contributed by atoms with Crippen LogP contribution in [0.3, 0.4) is 0 Å². The van der Waals surface area contributed by atoms with Gasteiger partial charge in [-0.25, -0.2) is 14.8 Å². The molecule has 0 amide bonds. The molecule has 1 aromatic heterocycles. The summed E-state index contributed by atoms with van der Waals surface area (Å²) in [5.74, 6) is -1.33. The summed E-state index contributed by atoms with van der Waals surface area (Å²) in [6.45, 7) is 9.06. The molecule has 0 saturated carbocycles. The standard InChI is InChI=1S/C22H26F3N3O2/c1-13-8-14-15(21(4,5)7-6-20(14,2)3)9-17(13)28(12-22(23,24)25)18-11-26-16(10-27-18)19(29)30/h8-11H,6-7,12H2,1-5H3,(H,29,30). The Bertz CT molecular complexity index is 967. The SMILES string of the molecule is Cc1cc2c(cc1N(CC(F)(F)F)c1cnc(C(=O)O)cn1)C(C)(C)CCC2(C)C.